The first-order valence-electron chi connectivity index (χ1n) is 10.3. The summed E-state index contributed by atoms with van der Waals surface area (Å²) in [6, 6.07) is 5.96. The Morgan fingerprint density at radius 3 is 2.55 bits per heavy atom. The molecule has 0 bridgehead atoms. The summed E-state index contributed by atoms with van der Waals surface area (Å²) < 4.78 is 23.8. The molecule has 1 fully saturated rings. The SMILES string of the molecule is CC/C=C(/F)n1c(C2CCOCC2)cc2cc3c(cnn3C(=O)C(C)(C)C)cc21. The van der Waals surface area contributed by atoms with Crippen LogP contribution in [0.3, 0.4) is 0 Å². The predicted molar refractivity (Wildman–Crippen MR) is 114 cm³/mol. The van der Waals surface area contributed by atoms with Crippen LogP contribution in [0.5, 0.6) is 0 Å². The summed E-state index contributed by atoms with van der Waals surface area (Å²) in [6.07, 6.45) is 5.68. The van der Waals surface area contributed by atoms with Crippen LogP contribution in [0.1, 0.15) is 63.4 Å². The molecular weight excluding hydrogens is 369 g/mol. The molecule has 0 saturated carbocycles. The van der Waals surface area contributed by atoms with Crippen LogP contribution in [0.25, 0.3) is 27.8 Å². The average Bonchev–Trinajstić information content (AvgIpc) is 3.26. The third-order valence-electron chi connectivity index (χ3n) is 5.58. The van der Waals surface area contributed by atoms with Gasteiger partial charge in [0, 0.05) is 41.0 Å². The lowest BCUT2D eigenvalue weighted by atomic mass is 9.95. The first-order chi connectivity index (χ1) is 13.8. The first-order valence-corrected chi connectivity index (χ1v) is 10.3. The minimum Gasteiger partial charge on any atom is -0.381 e. The number of rotatable bonds is 3. The van der Waals surface area contributed by atoms with Crippen LogP contribution >= 0.6 is 0 Å². The molecule has 1 aliphatic rings. The maximum absolute atomic E-state index is 15.1. The lowest BCUT2D eigenvalue weighted by molar-refractivity contribution is 0.0755. The zero-order valence-corrected chi connectivity index (χ0v) is 17.5. The highest BCUT2D eigenvalue weighted by molar-refractivity contribution is 6.01. The van der Waals surface area contributed by atoms with Crippen molar-refractivity contribution < 1.29 is 13.9 Å². The lowest BCUT2D eigenvalue weighted by Gasteiger charge is -2.23. The molecule has 2 aromatic heterocycles. The van der Waals surface area contributed by atoms with Gasteiger partial charge in [0.2, 0.25) is 0 Å². The number of carbonyl (C=O) groups is 1. The second kappa shape index (κ2) is 7.41. The molecule has 3 aromatic rings. The van der Waals surface area contributed by atoms with Gasteiger partial charge in [0.15, 0.2) is 5.95 Å². The Bertz CT molecular complexity index is 1090. The van der Waals surface area contributed by atoms with E-state index in [0.29, 0.717) is 19.6 Å². The van der Waals surface area contributed by atoms with E-state index in [1.54, 1.807) is 16.8 Å². The van der Waals surface area contributed by atoms with Crippen molar-refractivity contribution in [1.82, 2.24) is 14.3 Å². The molecule has 29 heavy (non-hydrogen) atoms. The third kappa shape index (κ3) is 3.50. The van der Waals surface area contributed by atoms with E-state index in [1.807, 2.05) is 39.8 Å². The normalized spacial score (nSPS) is 16.8. The molecule has 0 atom stereocenters. The van der Waals surface area contributed by atoms with Crippen LogP contribution in [0, 0.1) is 5.41 Å². The molecule has 5 nitrogen and oxygen atoms in total. The Morgan fingerprint density at radius 1 is 1.21 bits per heavy atom. The largest absolute Gasteiger partial charge is 0.381 e. The Balaban J connectivity index is 1.93. The van der Waals surface area contributed by atoms with Crippen LogP contribution in [0.4, 0.5) is 4.39 Å². The van der Waals surface area contributed by atoms with E-state index in [-0.39, 0.29) is 17.8 Å². The summed E-state index contributed by atoms with van der Waals surface area (Å²) >= 11 is 0. The van der Waals surface area contributed by atoms with Gasteiger partial charge in [-0.3, -0.25) is 9.36 Å². The summed E-state index contributed by atoms with van der Waals surface area (Å²) in [5.41, 5.74) is 2.00. The minimum absolute atomic E-state index is 0.0620. The summed E-state index contributed by atoms with van der Waals surface area (Å²) in [7, 11) is 0. The van der Waals surface area contributed by atoms with Crippen LogP contribution in [0.2, 0.25) is 0 Å². The van der Waals surface area contributed by atoms with Crippen LogP contribution in [-0.4, -0.2) is 33.5 Å². The monoisotopic (exact) mass is 397 g/mol. The van der Waals surface area contributed by atoms with Crippen molar-refractivity contribution in [2.24, 2.45) is 5.41 Å². The number of hydrogen-bond donors (Lipinski definition) is 0. The van der Waals surface area contributed by atoms with E-state index in [1.165, 1.54) is 4.68 Å². The van der Waals surface area contributed by atoms with E-state index in [9.17, 15) is 4.79 Å². The Hall–Kier alpha value is -2.47. The molecule has 0 radical (unpaired) electrons. The number of aromatic nitrogens is 3. The summed E-state index contributed by atoms with van der Waals surface area (Å²) in [5.74, 6) is -0.0579. The molecule has 154 valence electrons. The fourth-order valence-corrected chi connectivity index (χ4v) is 4.02. The molecule has 4 rings (SSSR count). The molecule has 3 heterocycles. The van der Waals surface area contributed by atoms with Crippen molar-refractivity contribution in [2.45, 2.75) is 52.9 Å². The zero-order chi connectivity index (χ0) is 20.8. The summed E-state index contributed by atoms with van der Waals surface area (Å²) in [5, 5.41) is 6.07. The number of hydrogen-bond acceptors (Lipinski definition) is 3. The van der Waals surface area contributed by atoms with Crippen molar-refractivity contribution in [1.29, 1.82) is 0 Å². The molecule has 0 amide bonds. The molecular formula is C23H28FN3O2. The Morgan fingerprint density at radius 2 is 1.90 bits per heavy atom. The number of benzene rings is 1. The summed E-state index contributed by atoms with van der Waals surface area (Å²) in [6.45, 7) is 8.97. The Labute approximate surface area is 170 Å². The average molecular weight is 397 g/mol. The summed E-state index contributed by atoms with van der Waals surface area (Å²) in [4.78, 5) is 12.8. The van der Waals surface area contributed by atoms with E-state index in [4.69, 9.17) is 4.74 Å². The highest BCUT2D eigenvalue weighted by Gasteiger charge is 2.27. The number of allylic oxidation sites excluding steroid dienone is 1. The fraction of sp³-hybridized carbons (Fsp3) is 0.478. The topological polar surface area (TPSA) is 49.0 Å². The van der Waals surface area contributed by atoms with Gasteiger partial charge in [-0.05, 0) is 43.5 Å². The lowest BCUT2D eigenvalue weighted by Crippen LogP contribution is -2.27. The number of carbonyl (C=O) groups excluding carboxylic acids is 1. The molecule has 0 unspecified atom stereocenters. The van der Waals surface area contributed by atoms with Crippen molar-refractivity contribution in [3.63, 3.8) is 0 Å². The van der Waals surface area contributed by atoms with E-state index >= 15 is 4.39 Å². The van der Waals surface area contributed by atoms with Crippen molar-refractivity contribution in [2.75, 3.05) is 13.2 Å². The van der Waals surface area contributed by atoms with Crippen molar-refractivity contribution in [3.05, 3.63) is 36.2 Å². The maximum atomic E-state index is 15.1. The standard InChI is InChI=1S/C23H28FN3O2/c1-5-6-21(24)26-18(15-7-9-29-10-8-15)11-16-12-20-17(13-19(16)26)14-25-27(20)22(28)23(2,3)4/h6,11-15H,5,7-10H2,1-4H3/b21-6-. The van der Waals surface area contributed by atoms with Gasteiger partial charge in [-0.1, -0.05) is 27.7 Å². The van der Waals surface area contributed by atoms with Gasteiger partial charge in [-0.2, -0.15) is 14.2 Å². The second-order valence-corrected chi connectivity index (χ2v) is 8.81. The quantitative estimate of drug-likeness (QED) is 0.565. The van der Waals surface area contributed by atoms with Crippen LogP contribution in [-0.2, 0) is 4.74 Å². The molecule has 1 aliphatic heterocycles. The molecule has 6 heteroatoms. The number of ether oxygens (including phenoxy) is 1. The molecule has 1 aromatic carbocycles. The van der Waals surface area contributed by atoms with Gasteiger partial charge >= 0.3 is 0 Å². The molecule has 0 aliphatic carbocycles. The maximum Gasteiger partial charge on any atom is 0.252 e. The minimum atomic E-state index is -0.539. The number of nitrogens with zero attached hydrogens (tertiary/aromatic N) is 3. The van der Waals surface area contributed by atoms with E-state index in [2.05, 4.69) is 11.2 Å². The fourth-order valence-electron chi connectivity index (χ4n) is 4.02. The van der Waals surface area contributed by atoms with Gasteiger partial charge in [0.05, 0.1) is 17.2 Å². The first kappa shape index (κ1) is 19.8. The van der Waals surface area contributed by atoms with E-state index < -0.39 is 5.41 Å². The smallest absolute Gasteiger partial charge is 0.252 e. The van der Waals surface area contributed by atoms with Crippen LogP contribution < -0.4 is 0 Å². The second-order valence-electron chi connectivity index (χ2n) is 8.81. The highest BCUT2D eigenvalue weighted by Crippen LogP contribution is 2.36. The van der Waals surface area contributed by atoms with Crippen molar-refractivity contribution >= 4 is 33.7 Å². The van der Waals surface area contributed by atoms with Crippen LogP contribution in [0.15, 0.2) is 30.5 Å². The molecule has 1 saturated heterocycles. The van der Waals surface area contributed by atoms with Gasteiger partial charge < -0.3 is 4.74 Å². The van der Waals surface area contributed by atoms with Gasteiger partial charge in [-0.25, -0.2) is 0 Å². The zero-order valence-electron chi connectivity index (χ0n) is 17.5. The highest BCUT2D eigenvalue weighted by atomic mass is 19.1. The Kier molecular flexibility index (Phi) is 5.07. The number of fused-ring (bicyclic) bond motifs is 2. The third-order valence-corrected chi connectivity index (χ3v) is 5.58. The van der Waals surface area contributed by atoms with Crippen molar-refractivity contribution in [3.8, 4) is 0 Å². The van der Waals surface area contributed by atoms with E-state index in [0.717, 1.165) is 40.3 Å². The molecule has 0 spiro atoms. The number of halogens is 1. The predicted octanol–water partition coefficient (Wildman–Crippen LogP) is 5.75. The van der Waals surface area contributed by atoms with Gasteiger partial charge in [0.25, 0.3) is 5.91 Å². The molecule has 0 N–H and O–H groups in total. The van der Waals surface area contributed by atoms with Gasteiger partial charge in [0.1, 0.15) is 0 Å². The van der Waals surface area contributed by atoms with Gasteiger partial charge in [-0.15, -0.1) is 0 Å².